The summed E-state index contributed by atoms with van der Waals surface area (Å²) in [5.74, 6) is 0. The normalized spacial score (nSPS) is 12.0. The molecule has 0 fully saturated rings. The number of rotatable bonds is 13. The van der Waals surface area contributed by atoms with Gasteiger partial charge in [-0.25, -0.2) is 0 Å². The molecule has 140 valence electrons. The van der Waals surface area contributed by atoms with Crippen molar-refractivity contribution in [2.45, 2.75) is 79.2 Å². The molecule has 1 N–H and O–H groups in total. The molecule has 0 spiro atoms. The van der Waals surface area contributed by atoms with Crippen molar-refractivity contribution in [2.75, 3.05) is 0 Å². The molecule has 0 saturated carbocycles. The van der Waals surface area contributed by atoms with Gasteiger partial charge in [0.2, 0.25) is 0 Å². The van der Waals surface area contributed by atoms with E-state index in [1.165, 1.54) is 56.7 Å². The van der Waals surface area contributed by atoms with Gasteiger partial charge in [-0.3, -0.25) is 0 Å². The average Bonchev–Trinajstić information content (AvgIpc) is 3.22. The molecular formula is C19H33N3OSSn. The van der Waals surface area contributed by atoms with E-state index in [0.29, 0.717) is 6.54 Å². The van der Waals surface area contributed by atoms with Crippen molar-refractivity contribution in [3.05, 3.63) is 17.4 Å². The number of hydrogen-bond acceptors (Lipinski definition) is 3. The van der Waals surface area contributed by atoms with Crippen LogP contribution in [0, 0.1) is 0 Å². The third-order valence-electron chi connectivity index (χ3n) is 5.26. The van der Waals surface area contributed by atoms with E-state index in [-0.39, 0.29) is 0 Å². The molecule has 2 rings (SSSR count). The van der Waals surface area contributed by atoms with Gasteiger partial charge in [0.05, 0.1) is 0 Å². The number of unbranched alkanes of at least 4 members (excludes halogenated alkanes) is 3. The van der Waals surface area contributed by atoms with Gasteiger partial charge in [-0.2, -0.15) is 0 Å². The standard InChI is InChI=1S/C7H6N3OS.3C4H9.Sn/c11-5-8-3-6-7-10(4-9-6)1-2-12-7;3*1-3-4-2;/h2,4-5H,3H2,(H,8,11);3*1,3-4H2,2H3;. The number of thiazole rings is 1. The Hall–Kier alpha value is -0.561. The van der Waals surface area contributed by atoms with Crippen molar-refractivity contribution >= 4 is 44.7 Å². The number of hydrogen-bond donors (Lipinski definition) is 1. The molecule has 2 aromatic heterocycles. The number of carbonyl (C=O) groups is 1. The van der Waals surface area contributed by atoms with Gasteiger partial charge < -0.3 is 0 Å². The van der Waals surface area contributed by atoms with Crippen LogP contribution in [0.15, 0.2) is 11.7 Å². The Kier molecular flexibility index (Phi) is 8.76. The van der Waals surface area contributed by atoms with E-state index in [4.69, 9.17) is 0 Å². The zero-order chi connectivity index (χ0) is 18.1. The minimum absolute atomic E-state index is 0.529. The van der Waals surface area contributed by atoms with Gasteiger partial charge in [0, 0.05) is 0 Å². The summed E-state index contributed by atoms with van der Waals surface area (Å²) in [6, 6.07) is 0. The molecule has 0 unspecified atom stereocenters. The number of nitrogens with one attached hydrogen (secondary N) is 1. The monoisotopic (exact) mass is 471 g/mol. The third kappa shape index (κ3) is 5.00. The van der Waals surface area contributed by atoms with E-state index in [1.807, 2.05) is 17.7 Å². The van der Waals surface area contributed by atoms with E-state index in [9.17, 15) is 4.79 Å². The summed E-state index contributed by atoms with van der Waals surface area (Å²) in [6.45, 7) is 7.49. The van der Waals surface area contributed by atoms with Crippen LogP contribution in [-0.2, 0) is 11.3 Å². The van der Waals surface area contributed by atoms with Crippen LogP contribution in [0.3, 0.4) is 0 Å². The van der Waals surface area contributed by atoms with E-state index in [2.05, 4.69) is 40.9 Å². The van der Waals surface area contributed by atoms with Crippen molar-refractivity contribution in [1.29, 1.82) is 0 Å². The summed E-state index contributed by atoms with van der Waals surface area (Å²) >= 11 is -0.611. The van der Waals surface area contributed by atoms with Crippen LogP contribution < -0.4 is 9.03 Å². The zero-order valence-corrected chi connectivity index (χ0v) is 19.7. The molecule has 0 bridgehead atoms. The predicted octanol–water partition coefficient (Wildman–Crippen LogP) is 4.70. The van der Waals surface area contributed by atoms with Crippen molar-refractivity contribution in [1.82, 2.24) is 14.7 Å². The summed E-state index contributed by atoms with van der Waals surface area (Å²) in [5, 5.41) is 5.20. The van der Waals surface area contributed by atoms with E-state index in [0.717, 1.165) is 12.1 Å². The van der Waals surface area contributed by atoms with Crippen LogP contribution in [0.1, 0.15) is 65.0 Å². The van der Waals surface area contributed by atoms with Crippen molar-refractivity contribution in [2.24, 2.45) is 0 Å². The van der Waals surface area contributed by atoms with Crippen LogP contribution in [0.4, 0.5) is 0 Å². The first kappa shape index (κ1) is 20.7. The van der Waals surface area contributed by atoms with E-state index >= 15 is 0 Å². The van der Waals surface area contributed by atoms with Crippen LogP contribution in [0.5, 0.6) is 0 Å². The summed E-state index contributed by atoms with van der Waals surface area (Å²) in [4.78, 5) is 16.4. The minimum atomic E-state index is -2.43. The average molecular weight is 470 g/mol. The Balaban J connectivity index is 2.41. The first-order chi connectivity index (χ1) is 12.2. The molecular weight excluding hydrogens is 437 g/mol. The molecule has 0 aliphatic heterocycles. The Labute approximate surface area is 160 Å². The maximum absolute atomic E-state index is 10.6. The Morgan fingerprint density at radius 1 is 1.12 bits per heavy atom. The quantitative estimate of drug-likeness (QED) is 0.341. The molecule has 0 saturated heterocycles. The first-order valence-corrected chi connectivity index (χ1v) is 18.2. The van der Waals surface area contributed by atoms with Crippen LogP contribution in [0.25, 0.3) is 4.83 Å². The van der Waals surface area contributed by atoms with Gasteiger partial charge >= 0.3 is 161 Å². The van der Waals surface area contributed by atoms with Crippen LogP contribution in [-0.4, -0.2) is 34.2 Å². The van der Waals surface area contributed by atoms with Gasteiger partial charge in [0.25, 0.3) is 0 Å². The molecule has 0 atom stereocenters. The fourth-order valence-electron chi connectivity index (χ4n) is 3.78. The first-order valence-electron chi connectivity index (χ1n) is 9.83. The molecule has 0 radical (unpaired) electrons. The zero-order valence-electron chi connectivity index (χ0n) is 16.0. The number of nitrogens with zero attached hydrogens (tertiary/aromatic N) is 2. The van der Waals surface area contributed by atoms with Crippen molar-refractivity contribution < 1.29 is 4.79 Å². The SMILES string of the molecule is CCC[CH2][Sn]([CH2]CCC)([CH2]CCC)[c]1csc2c(CNC=O)ncn12. The van der Waals surface area contributed by atoms with E-state index < -0.39 is 18.4 Å². The Morgan fingerprint density at radius 2 is 1.72 bits per heavy atom. The van der Waals surface area contributed by atoms with Gasteiger partial charge in [0.1, 0.15) is 0 Å². The second kappa shape index (κ2) is 10.6. The van der Waals surface area contributed by atoms with Crippen molar-refractivity contribution in [3.8, 4) is 0 Å². The molecule has 25 heavy (non-hydrogen) atoms. The maximum atomic E-state index is 10.6. The van der Waals surface area contributed by atoms with E-state index in [1.54, 1.807) is 3.71 Å². The molecule has 0 aromatic carbocycles. The fraction of sp³-hybridized carbons (Fsp3) is 0.684. The summed E-state index contributed by atoms with van der Waals surface area (Å²) in [6.07, 6.45) is 10.8. The van der Waals surface area contributed by atoms with Crippen LogP contribution >= 0.6 is 11.3 Å². The Bertz CT molecular complexity index is 630. The van der Waals surface area contributed by atoms with Gasteiger partial charge in [-0.05, 0) is 0 Å². The molecule has 2 heterocycles. The summed E-state index contributed by atoms with van der Waals surface area (Å²) in [7, 11) is 0. The molecule has 0 aliphatic rings. The van der Waals surface area contributed by atoms with Crippen LogP contribution in [0.2, 0.25) is 13.3 Å². The fourth-order valence-corrected chi connectivity index (χ4v) is 22.9. The number of fused-ring (bicyclic) bond motifs is 1. The summed E-state index contributed by atoms with van der Waals surface area (Å²) in [5.41, 5.74) is 1.00. The molecule has 0 aliphatic carbocycles. The summed E-state index contributed by atoms with van der Waals surface area (Å²) < 4.78 is 8.45. The second-order valence-corrected chi connectivity index (χ2v) is 21.0. The number of imidazole rings is 1. The molecule has 6 heteroatoms. The molecule has 4 nitrogen and oxygen atoms in total. The van der Waals surface area contributed by atoms with Gasteiger partial charge in [-0.15, -0.1) is 0 Å². The number of aromatic nitrogens is 2. The van der Waals surface area contributed by atoms with Gasteiger partial charge in [0.15, 0.2) is 0 Å². The number of carbonyl (C=O) groups excluding carboxylic acids is 1. The topological polar surface area (TPSA) is 46.4 Å². The molecule has 2 aromatic rings. The molecule has 1 amide bonds. The van der Waals surface area contributed by atoms with Gasteiger partial charge in [-0.1, -0.05) is 0 Å². The van der Waals surface area contributed by atoms with Crippen molar-refractivity contribution in [3.63, 3.8) is 0 Å². The predicted molar refractivity (Wildman–Crippen MR) is 111 cm³/mol. The second-order valence-electron chi connectivity index (χ2n) is 7.08. The number of amides is 1. The third-order valence-corrected chi connectivity index (χ3v) is 22.3. The Morgan fingerprint density at radius 3 is 2.24 bits per heavy atom.